The Morgan fingerprint density at radius 1 is 1.32 bits per heavy atom. The molecule has 3 N–H and O–H groups in total. The summed E-state index contributed by atoms with van der Waals surface area (Å²) in [5, 5.41) is 19.7. The third-order valence-corrected chi connectivity index (χ3v) is 4.26. The van der Waals surface area contributed by atoms with Crippen LogP contribution < -0.4 is 10.6 Å². The van der Waals surface area contributed by atoms with Gasteiger partial charge in [-0.25, -0.2) is 14.5 Å². The number of aryl methyl sites for hydroxylation is 2. The zero-order valence-electron chi connectivity index (χ0n) is 15.3. The predicted molar refractivity (Wildman–Crippen MR) is 96.5 cm³/mol. The van der Waals surface area contributed by atoms with Crippen molar-refractivity contribution in [3.05, 3.63) is 41.3 Å². The van der Waals surface area contributed by atoms with Gasteiger partial charge in [0.05, 0.1) is 11.8 Å². The third kappa shape index (κ3) is 5.29. The molecule has 0 fully saturated rings. The number of nitrogens with zero attached hydrogens (tertiary/aromatic N) is 3. The number of aliphatic hydroxyl groups excluding tert-OH is 1. The number of nitrogens with one attached hydrogen (secondary N) is 2. The number of amides is 2. The molecule has 0 bridgehead atoms. The van der Waals surface area contributed by atoms with Crippen molar-refractivity contribution in [2.45, 2.75) is 46.8 Å². The highest BCUT2D eigenvalue weighted by Gasteiger charge is 2.13. The highest BCUT2D eigenvalue weighted by atomic mass is 16.3. The van der Waals surface area contributed by atoms with Gasteiger partial charge in [0.15, 0.2) is 5.82 Å². The van der Waals surface area contributed by atoms with Gasteiger partial charge in [0.1, 0.15) is 0 Å². The second-order valence-electron chi connectivity index (χ2n) is 6.38. The first kappa shape index (κ1) is 18.9. The Labute approximate surface area is 148 Å². The second kappa shape index (κ2) is 8.62. The average Bonchev–Trinajstić information content (AvgIpc) is 2.95. The minimum absolute atomic E-state index is 0.159. The zero-order chi connectivity index (χ0) is 18.4. The van der Waals surface area contributed by atoms with Crippen LogP contribution in [-0.4, -0.2) is 38.6 Å². The van der Waals surface area contributed by atoms with E-state index in [-0.39, 0.29) is 18.5 Å². The van der Waals surface area contributed by atoms with E-state index in [0.717, 1.165) is 29.2 Å². The van der Waals surface area contributed by atoms with Gasteiger partial charge in [-0.3, -0.25) is 0 Å². The van der Waals surface area contributed by atoms with Crippen LogP contribution in [0.2, 0.25) is 0 Å². The quantitative estimate of drug-likeness (QED) is 0.716. The van der Waals surface area contributed by atoms with Gasteiger partial charge < -0.3 is 15.7 Å². The molecule has 0 spiro atoms. The van der Waals surface area contributed by atoms with Crippen LogP contribution >= 0.6 is 0 Å². The van der Waals surface area contributed by atoms with Gasteiger partial charge in [-0.2, -0.15) is 5.10 Å². The lowest BCUT2D eigenvalue weighted by atomic mass is 10.0. The Hall–Kier alpha value is -2.41. The molecule has 2 heterocycles. The Morgan fingerprint density at radius 3 is 2.64 bits per heavy atom. The molecule has 0 aromatic carbocycles. The topological polar surface area (TPSA) is 92.1 Å². The van der Waals surface area contributed by atoms with E-state index in [9.17, 15) is 9.90 Å². The molecule has 2 aromatic rings. The lowest BCUT2D eigenvalue weighted by Gasteiger charge is -2.17. The Kier molecular flexibility index (Phi) is 6.52. The molecule has 2 unspecified atom stereocenters. The molecule has 0 aliphatic rings. The number of carbonyl (C=O) groups is 1. The van der Waals surface area contributed by atoms with Crippen LogP contribution in [-0.2, 0) is 6.54 Å². The van der Waals surface area contributed by atoms with Gasteiger partial charge in [0.25, 0.3) is 0 Å². The number of hydrogen-bond acceptors (Lipinski definition) is 4. The summed E-state index contributed by atoms with van der Waals surface area (Å²) in [6.45, 7) is 8.51. The van der Waals surface area contributed by atoms with E-state index in [1.165, 1.54) is 0 Å². The van der Waals surface area contributed by atoms with Crippen molar-refractivity contribution in [3.63, 3.8) is 0 Å². The van der Waals surface area contributed by atoms with Crippen LogP contribution in [0.3, 0.4) is 0 Å². The first-order valence-electron chi connectivity index (χ1n) is 8.59. The lowest BCUT2D eigenvalue weighted by molar-refractivity contribution is 0.114. The summed E-state index contributed by atoms with van der Waals surface area (Å²) < 4.78 is 1.79. The van der Waals surface area contributed by atoms with Crippen LogP contribution in [0.15, 0.2) is 24.4 Å². The number of urea groups is 1. The highest BCUT2D eigenvalue weighted by molar-refractivity contribution is 5.73. The van der Waals surface area contributed by atoms with Crippen molar-refractivity contribution in [1.29, 1.82) is 0 Å². The maximum absolute atomic E-state index is 11.8. The minimum atomic E-state index is -0.530. The molecule has 25 heavy (non-hydrogen) atoms. The molecule has 7 heteroatoms. The van der Waals surface area contributed by atoms with E-state index < -0.39 is 6.10 Å². The molecule has 7 nitrogen and oxygen atoms in total. The van der Waals surface area contributed by atoms with E-state index in [0.29, 0.717) is 6.54 Å². The minimum Gasteiger partial charge on any atom is -0.391 e. The van der Waals surface area contributed by atoms with Crippen molar-refractivity contribution >= 4 is 6.03 Å². The van der Waals surface area contributed by atoms with E-state index in [1.807, 2.05) is 45.9 Å². The van der Waals surface area contributed by atoms with Crippen LogP contribution in [0.5, 0.6) is 0 Å². The van der Waals surface area contributed by atoms with Crippen molar-refractivity contribution in [2.75, 3.05) is 6.54 Å². The summed E-state index contributed by atoms with van der Waals surface area (Å²) >= 11 is 0. The van der Waals surface area contributed by atoms with Crippen molar-refractivity contribution in [1.82, 2.24) is 25.4 Å². The monoisotopic (exact) mass is 345 g/mol. The molecule has 2 aromatic heterocycles. The normalized spacial score (nSPS) is 13.3. The van der Waals surface area contributed by atoms with Crippen molar-refractivity contribution in [3.8, 4) is 5.82 Å². The van der Waals surface area contributed by atoms with Crippen molar-refractivity contribution < 1.29 is 9.90 Å². The van der Waals surface area contributed by atoms with Gasteiger partial charge in [0, 0.05) is 25.0 Å². The van der Waals surface area contributed by atoms with Gasteiger partial charge in [-0.15, -0.1) is 0 Å². The molecule has 0 saturated heterocycles. The van der Waals surface area contributed by atoms with Crippen molar-refractivity contribution in [2.24, 2.45) is 5.92 Å². The van der Waals surface area contributed by atoms with Gasteiger partial charge in [-0.1, -0.05) is 26.3 Å². The summed E-state index contributed by atoms with van der Waals surface area (Å²) in [4.78, 5) is 16.2. The number of carbonyl (C=O) groups excluding carboxylic acids is 1. The highest BCUT2D eigenvalue weighted by Crippen LogP contribution is 2.10. The largest absolute Gasteiger partial charge is 0.391 e. The molecule has 0 saturated carbocycles. The van der Waals surface area contributed by atoms with Gasteiger partial charge >= 0.3 is 6.03 Å². The number of pyridine rings is 1. The maximum Gasteiger partial charge on any atom is 0.315 e. The first-order chi connectivity index (χ1) is 11.9. The zero-order valence-corrected chi connectivity index (χ0v) is 15.3. The molecule has 0 radical (unpaired) electrons. The SMILES string of the molecule is CCC(C)C(O)CNC(=O)NCc1ccc(-n2nc(C)cc2C)nc1. The molecule has 2 atom stereocenters. The second-order valence-corrected chi connectivity index (χ2v) is 6.38. The standard InChI is InChI=1S/C18H27N5O2/c1-5-12(2)16(24)11-21-18(25)20-10-15-6-7-17(19-9-15)23-14(4)8-13(3)22-23/h6-9,12,16,24H,5,10-11H2,1-4H3,(H2,20,21,25). The maximum atomic E-state index is 11.8. The molecular formula is C18H27N5O2. The number of rotatable bonds is 7. The number of hydrogen-bond donors (Lipinski definition) is 3. The van der Waals surface area contributed by atoms with Gasteiger partial charge in [0.2, 0.25) is 0 Å². The lowest BCUT2D eigenvalue weighted by Crippen LogP contribution is -2.41. The summed E-state index contributed by atoms with van der Waals surface area (Å²) in [6, 6.07) is 5.48. The predicted octanol–water partition coefficient (Wildman–Crippen LogP) is 2.09. The Balaban J connectivity index is 1.83. The molecule has 2 amide bonds. The van der Waals surface area contributed by atoms with E-state index in [1.54, 1.807) is 10.9 Å². The van der Waals surface area contributed by atoms with Crippen LogP contribution in [0, 0.1) is 19.8 Å². The summed E-state index contributed by atoms with van der Waals surface area (Å²) in [5.41, 5.74) is 2.86. The van der Waals surface area contributed by atoms with E-state index in [4.69, 9.17) is 0 Å². The summed E-state index contributed by atoms with van der Waals surface area (Å²) in [7, 11) is 0. The molecule has 0 aliphatic carbocycles. The van der Waals surface area contributed by atoms with Crippen LogP contribution in [0.4, 0.5) is 4.79 Å². The Bertz CT molecular complexity index is 696. The fourth-order valence-corrected chi connectivity index (χ4v) is 2.42. The van der Waals surface area contributed by atoms with Crippen LogP contribution in [0.25, 0.3) is 5.82 Å². The number of aromatic nitrogens is 3. The first-order valence-corrected chi connectivity index (χ1v) is 8.59. The Morgan fingerprint density at radius 2 is 2.08 bits per heavy atom. The fraction of sp³-hybridized carbons (Fsp3) is 0.500. The van der Waals surface area contributed by atoms with Gasteiger partial charge in [-0.05, 0) is 37.5 Å². The van der Waals surface area contributed by atoms with E-state index >= 15 is 0 Å². The smallest absolute Gasteiger partial charge is 0.315 e. The molecule has 0 aliphatic heterocycles. The molecule has 2 rings (SSSR count). The number of aliphatic hydroxyl groups is 1. The fourth-order valence-electron chi connectivity index (χ4n) is 2.42. The summed E-state index contributed by atoms with van der Waals surface area (Å²) in [6.07, 6.45) is 2.06. The van der Waals surface area contributed by atoms with Crippen LogP contribution in [0.1, 0.15) is 37.2 Å². The molecular weight excluding hydrogens is 318 g/mol. The summed E-state index contributed by atoms with van der Waals surface area (Å²) in [5.74, 6) is 0.905. The van der Waals surface area contributed by atoms with E-state index in [2.05, 4.69) is 20.7 Å². The third-order valence-electron chi connectivity index (χ3n) is 4.26. The molecule has 136 valence electrons. The average molecular weight is 345 g/mol.